The first-order valence-corrected chi connectivity index (χ1v) is 12.2. The first-order chi connectivity index (χ1) is 16.8. The van der Waals surface area contributed by atoms with E-state index in [-0.39, 0.29) is 36.6 Å². The molecule has 10 nitrogen and oxygen atoms in total. The quantitative estimate of drug-likeness (QED) is 0.535. The van der Waals surface area contributed by atoms with Gasteiger partial charge in [0, 0.05) is 17.7 Å². The van der Waals surface area contributed by atoms with Crippen molar-refractivity contribution in [1.29, 1.82) is 0 Å². The van der Waals surface area contributed by atoms with Crippen molar-refractivity contribution in [2.45, 2.75) is 45.1 Å². The summed E-state index contributed by atoms with van der Waals surface area (Å²) in [6, 6.07) is 5.88. The van der Waals surface area contributed by atoms with Crippen molar-refractivity contribution in [3.8, 4) is 0 Å². The molecular formula is C24H23N5O5S. The van der Waals surface area contributed by atoms with Gasteiger partial charge in [-0.2, -0.15) is 0 Å². The van der Waals surface area contributed by atoms with Gasteiger partial charge in [-0.1, -0.05) is 6.07 Å². The molecule has 5 rings (SSSR count). The van der Waals surface area contributed by atoms with Crippen LogP contribution in [0, 0.1) is 6.92 Å². The van der Waals surface area contributed by atoms with Crippen LogP contribution in [0.2, 0.25) is 0 Å². The number of benzene rings is 1. The van der Waals surface area contributed by atoms with Gasteiger partial charge in [0.15, 0.2) is 0 Å². The van der Waals surface area contributed by atoms with Crippen molar-refractivity contribution < 1.29 is 19.2 Å². The van der Waals surface area contributed by atoms with Crippen molar-refractivity contribution in [2.24, 2.45) is 0 Å². The molecule has 0 aliphatic carbocycles. The SMILES string of the molecule is Cc1nc2c(NC(=O)CN3C(=O)CCCc4sccc43)cccc2c(=O)n1C1CCC(=O)NC1=O. The Morgan fingerprint density at radius 1 is 1.17 bits per heavy atom. The molecule has 2 N–H and O–H groups in total. The molecule has 1 fully saturated rings. The fraction of sp³-hybridized carbons (Fsp3) is 0.333. The Morgan fingerprint density at radius 2 is 2.00 bits per heavy atom. The van der Waals surface area contributed by atoms with Gasteiger partial charge in [-0.3, -0.25) is 33.9 Å². The van der Waals surface area contributed by atoms with Gasteiger partial charge in [0.05, 0.1) is 16.8 Å². The lowest BCUT2D eigenvalue weighted by Crippen LogP contribution is -2.45. The minimum atomic E-state index is -0.829. The van der Waals surface area contributed by atoms with Crippen LogP contribution in [0.5, 0.6) is 0 Å². The molecule has 2 aliphatic rings. The highest BCUT2D eigenvalue weighted by atomic mass is 32.1. The van der Waals surface area contributed by atoms with E-state index in [1.54, 1.807) is 36.5 Å². The fourth-order valence-corrected chi connectivity index (χ4v) is 5.59. The highest BCUT2D eigenvalue weighted by molar-refractivity contribution is 7.10. The second-order valence-corrected chi connectivity index (χ2v) is 9.61. The molecule has 180 valence electrons. The molecule has 1 unspecified atom stereocenters. The van der Waals surface area contributed by atoms with Crippen molar-refractivity contribution in [1.82, 2.24) is 14.9 Å². The van der Waals surface area contributed by atoms with Crippen LogP contribution < -0.4 is 21.1 Å². The third kappa shape index (κ3) is 4.23. The maximum atomic E-state index is 13.3. The van der Waals surface area contributed by atoms with Gasteiger partial charge in [0.2, 0.25) is 23.6 Å². The first-order valence-electron chi connectivity index (χ1n) is 11.4. The number of hydrogen-bond donors (Lipinski definition) is 2. The van der Waals surface area contributed by atoms with Gasteiger partial charge < -0.3 is 10.2 Å². The summed E-state index contributed by atoms with van der Waals surface area (Å²) in [4.78, 5) is 69.9. The number of aryl methyl sites for hydroxylation is 2. The number of carbonyl (C=O) groups excluding carboxylic acids is 4. The molecule has 35 heavy (non-hydrogen) atoms. The molecule has 0 radical (unpaired) electrons. The summed E-state index contributed by atoms with van der Waals surface area (Å²) in [6.45, 7) is 1.46. The highest BCUT2D eigenvalue weighted by Gasteiger charge is 2.31. The number of hydrogen-bond acceptors (Lipinski definition) is 7. The van der Waals surface area contributed by atoms with E-state index < -0.39 is 23.4 Å². The average Bonchev–Trinajstić information content (AvgIpc) is 3.22. The predicted octanol–water partition coefficient (Wildman–Crippen LogP) is 2.05. The highest BCUT2D eigenvalue weighted by Crippen LogP contribution is 2.31. The number of imide groups is 1. The number of aromatic nitrogens is 2. The minimum absolute atomic E-state index is 0.101. The second-order valence-electron chi connectivity index (χ2n) is 8.61. The van der Waals surface area contributed by atoms with E-state index in [0.717, 1.165) is 23.4 Å². The van der Waals surface area contributed by atoms with Gasteiger partial charge >= 0.3 is 0 Å². The molecule has 3 aromatic rings. The van der Waals surface area contributed by atoms with Gasteiger partial charge in [-0.15, -0.1) is 11.3 Å². The van der Waals surface area contributed by atoms with Crippen LogP contribution in [0.4, 0.5) is 11.4 Å². The Kier molecular flexibility index (Phi) is 5.93. The molecule has 0 bridgehead atoms. The fourth-order valence-electron chi connectivity index (χ4n) is 4.66. The van der Waals surface area contributed by atoms with Gasteiger partial charge in [0.25, 0.3) is 5.56 Å². The topological polar surface area (TPSA) is 130 Å². The summed E-state index contributed by atoms with van der Waals surface area (Å²) >= 11 is 1.57. The van der Waals surface area contributed by atoms with Gasteiger partial charge in [-0.05, 0) is 49.8 Å². The Balaban J connectivity index is 1.44. The van der Waals surface area contributed by atoms with Crippen molar-refractivity contribution in [2.75, 3.05) is 16.8 Å². The molecule has 2 aliphatic heterocycles. The maximum Gasteiger partial charge on any atom is 0.262 e. The number of para-hydroxylation sites is 1. The number of carbonyl (C=O) groups is 4. The standard InChI is InChI=1S/C24H23N5O5S/c1-13-25-22-14(24(34)29(13)17-8-9-19(30)27-23(17)33)4-2-5-15(22)26-20(31)12-28-16-10-11-35-18(16)6-3-7-21(28)32/h2,4-5,10-11,17H,3,6-9,12H2,1H3,(H,26,31)(H,27,30,33). The average molecular weight is 494 g/mol. The van der Waals surface area contributed by atoms with E-state index in [1.807, 2.05) is 11.4 Å². The summed E-state index contributed by atoms with van der Waals surface area (Å²) in [6.07, 6.45) is 2.28. The largest absolute Gasteiger partial charge is 0.323 e. The monoisotopic (exact) mass is 493 g/mol. The molecule has 2 aromatic heterocycles. The van der Waals surface area contributed by atoms with Crippen LogP contribution in [0.1, 0.15) is 42.4 Å². The summed E-state index contributed by atoms with van der Waals surface area (Å²) in [5, 5.41) is 7.22. The van der Waals surface area contributed by atoms with Crippen molar-refractivity contribution in [3.63, 3.8) is 0 Å². The molecular weight excluding hydrogens is 470 g/mol. The maximum absolute atomic E-state index is 13.3. The van der Waals surface area contributed by atoms with Crippen LogP contribution in [0.3, 0.4) is 0 Å². The lowest BCUT2D eigenvalue weighted by Gasteiger charge is -2.24. The predicted molar refractivity (Wildman–Crippen MR) is 130 cm³/mol. The lowest BCUT2D eigenvalue weighted by molar-refractivity contribution is -0.135. The molecule has 1 saturated heterocycles. The summed E-state index contributed by atoms with van der Waals surface area (Å²) in [7, 11) is 0. The summed E-state index contributed by atoms with van der Waals surface area (Å²) in [5.74, 6) is -1.11. The molecule has 4 heterocycles. The first kappa shape index (κ1) is 22.9. The molecule has 1 atom stereocenters. The Hall–Kier alpha value is -3.86. The lowest BCUT2D eigenvalue weighted by atomic mass is 10.1. The van der Waals surface area contributed by atoms with Crippen molar-refractivity contribution in [3.05, 3.63) is 50.7 Å². The molecule has 1 aromatic carbocycles. The molecule has 4 amide bonds. The van der Waals surface area contributed by atoms with E-state index in [2.05, 4.69) is 15.6 Å². The third-order valence-corrected chi connectivity index (χ3v) is 7.28. The second kappa shape index (κ2) is 9.06. The van der Waals surface area contributed by atoms with E-state index in [0.29, 0.717) is 23.4 Å². The Bertz CT molecular complexity index is 1440. The third-order valence-electron chi connectivity index (χ3n) is 6.31. The van der Waals surface area contributed by atoms with Crippen molar-refractivity contribution >= 4 is 57.2 Å². The number of rotatable bonds is 4. The van der Waals surface area contributed by atoms with Crippen LogP contribution in [-0.2, 0) is 25.6 Å². The summed E-state index contributed by atoms with van der Waals surface area (Å²) in [5.41, 5.74) is 0.983. The van der Waals surface area contributed by atoms with Crippen LogP contribution in [-0.4, -0.2) is 39.7 Å². The number of nitrogens with zero attached hydrogens (tertiary/aromatic N) is 3. The van der Waals surface area contributed by atoms with E-state index >= 15 is 0 Å². The molecule has 0 spiro atoms. The minimum Gasteiger partial charge on any atom is -0.323 e. The number of thiophene rings is 1. The zero-order chi connectivity index (χ0) is 24.7. The Morgan fingerprint density at radius 3 is 2.80 bits per heavy atom. The number of amides is 4. The number of nitrogens with one attached hydrogen (secondary N) is 2. The van der Waals surface area contributed by atoms with Crippen LogP contribution in [0.15, 0.2) is 34.4 Å². The van der Waals surface area contributed by atoms with Crippen LogP contribution in [0.25, 0.3) is 10.9 Å². The Labute approximate surface area is 203 Å². The normalized spacial score (nSPS) is 18.3. The zero-order valence-corrected chi connectivity index (χ0v) is 19.8. The van der Waals surface area contributed by atoms with E-state index in [4.69, 9.17) is 0 Å². The number of fused-ring (bicyclic) bond motifs is 2. The number of anilines is 2. The molecule has 0 saturated carbocycles. The summed E-state index contributed by atoms with van der Waals surface area (Å²) < 4.78 is 1.30. The van der Waals surface area contributed by atoms with E-state index in [1.165, 1.54) is 9.47 Å². The molecule has 11 heteroatoms. The van der Waals surface area contributed by atoms with Gasteiger partial charge in [0.1, 0.15) is 23.9 Å². The van der Waals surface area contributed by atoms with Crippen LogP contribution >= 0.6 is 11.3 Å². The smallest absolute Gasteiger partial charge is 0.262 e. The zero-order valence-electron chi connectivity index (χ0n) is 19.0. The van der Waals surface area contributed by atoms with E-state index in [9.17, 15) is 24.0 Å². The van der Waals surface area contributed by atoms with Gasteiger partial charge in [-0.25, -0.2) is 4.98 Å². The number of piperidine rings is 1.